The van der Waals surface area contributed by atoms with E-state index >= 15 is 8.78 Å². The standard InChI is InChI=1S/C29H27F3N4O3S/c1-16-14-34-35(2)28(16)18-11-23-27(33-15-18)26-22(5-4-6-24(26)40(3,37)38)36(23)29(17-7-9-39-10-8-17)25-20(31)12-19(30)13-21(25)32/h4-6,11-15,17,29H,7-10H2,1-3H3. The highest BCUT2D eigenvalue weighted by atomic mass is 32.2. The number of nitrogens with zero attached hydrogens (tertiary/aromatic N) is 4. The Bertz CT molecular complexity index is 1850. The normalized spacial score (nSPS) is 15.8. The van der Waals surface area contributed by atoms with Gasteiger partial charge >= 0.3 is 0 Å². The summed E-state index contributed by atoms with van der Waals surface area (Å²) in [5.74, 6) is -3.31. The Morgan fingerprint density at radius 1 is 1.02 bits per heavy atom. The van der Waals surface area contributed by atoms with E-state index in [1.54, 1.807) is 40.8 Å². The molecule has 1 unspecified atom stereocenters. The third-order valence-electron chi connectivity index (χ3n) is 7.75. The zero-order valence-corrected chi connectivity index (χ0v) is 23.0. The topological polar surface area (TPSA) is 79.0 Å². The van der Waals surface area contributed by atoms with Gasteiger partial charge in [-0.25, -0.2) is 21.6 Å². The second-order valence-corrected chi connectivity index (χ2v) is 12.3. The summed E-state index contributed by atoms with van der Waals surface area (Å²) in [7, 11) is -1.89. The third-order valence-corrected chi connectivity index (χ3v) is 8.89. The average Bonchev–Trinajstić information content (AvgIpc) is 3.41. The number of sulfone groups is 1. The molecule has 0 amide bonds. The van der Waals surface area contributed by atoms with E-state index in [0.717, 1.165) is 17.5 Å². The van der Waals surface area contributed by atoms with Crippen LogP contribution in [0.2, 0.25) is 0 Å². The number of aromatic nitrogens is 4. The largest absolute Gasteiger partial charge is 0.381 e. The van der Waals surface area contributed by atoms with Crippen LogP contribution in [0.5, 0.6) is 0 Å². The maximum Gasteiger partial charge on any atom is 0.176 e. The van der Waals surface area contributed by atoms with Gasteiger partial charge in [-0.2, -0.15) is 5.10 Å². The van der Waals surface area contributed by atoms with Crippen LogP contribution < -0.4 is 0 Å². The molecule has 1 saturated heterocycles. The second kappa shape index (κ2) is 9.74. The summed E-state index contributed by atoms with van der Waals surface area (Å²) in [6, 6.07) is 7.14. The van der Waals surface area contributed by atoms with Gasteiger partial charge in [0.1, 0.15) is 17.5 Å². The van der Waals surface area contributed by atoms with Gasteiger partial charge in [-0.1, -0.05) is 6.07 Å². The Balaban J connectivity index is 1.77. The number of fused-ring (bicyclic) bond motifs is 3. The number of pyridine rings is 1. The molecule has 11 heteroatoms. The lowest BCUT2D eigenvalue weighted by molar-refractivity contribution is 0.0543. The zero-order chi connectivity index (χ0) is 28.3. The van der Waals surface area contributed by atoms with Gasteiger partial charge in [-0.15, -0.1) is 0 Å². The molecule has 208 valence electrons. The summed E-state index contributed by atoms with van der Waals surface area (Å²) in [6.07, 6.45) is 5.50. The Morgan fingerprint density at radius 2 is 1.73 bits per heavy atom. The van der Waals surface area contributed by atoms with E-state index in [1.165, 1.54) is 6.07 Å². The van der Waals surface area contributed by atoms with Crippen LogP contribution in [-0.4, -0.2) is 47.2 Å². The van der Waals surface area contributed by atoms with Gasteiger partial charge in [0, 0.05) is 61.4 Å². The van der Waals surface area contributed by atoms with Crippen LogP contribution in [0, 0.1) is 30.3 Å². The first kappa shape index (κ1) is 26.5. The van der Waals surface area contributed by atoms with Crippen molar-refractivity contribution in [3.05, 3.63) is 77.4 Å². The molecule has 0 saturated carbocycles. The maximum absolute atomic E-state index is 15.5. The first-order valence-electron chi connectivity index (χ1n) is 12.9. The molecule has 0 N–H and O–H groups in total. The van der Waals surface area contributed by atoms with E-state index in [4.69, 9.17) is 9.72 Å². The van der Waals surface area contributed by atoms with E-state index < -0.39 is 33.3 Å². The van der Waals surface area contributed by atoms with Crippen molar-refractivity contribution >= 4 is 31.8 Å². The van der Waals surface area contributed by atoms with Gasteiger partial charge in [-0.05, 0) is 49.4 Å². The van der Waals surface area contributed by atoms with Crippen molar-refractivity contribution in [2.24, 2.45) is 13.0 Å². The Morgan fingerprint density at radius 3 is 2.35 bits per heavy atom. The molecule has 1 aliphatic rings. The Hall–Kier alpha value is -3.70. The van der Waals surface area contributed by atoms with Crippen molar-refractivity contribution < 1.29 is 26.3 Å². The Kier molecular flexibility index (Phi) is 6.46. The summed E-state index contributed by atoms with van der Waals surface area (Å²) < 4.78 is 80.0. The molecule has 0 aliphatic carbocycles. The number of hydrogen-bond donors (Lipinski definition) is 0. The molecular weight excluding hydrogens is 541 g/mol. The van der Waals surface area contributed by atoms with Crippen LogP contribution in [0.1, 0.15) is 30.0 Å². The van der Waals surface area contributed by atoms with E-state index in [9.17, 15) is 12.8 Å². The number of rotatable bonds is 5. The molecule has 0 bridgehead atoms. The number of aryl methyl sites for hydroxylation is 2. The van der Waals surface area contributed by atoms with E-state index in [-0.39, 0.29) is 16.4 Å². The molecule has 1 aliphatic heterocycles. The third kappa shape index (κ3) is 4.28. The molecule has 40 heavy (non-hydrogen) atoms. The average molecular weight is 569 g/mol. The highest BCUT2D eigenvalue weighted by Crippen LogP contribution is 2.44. The van der Waals surface area contributed by atoms with Gasteiger partial charge in [-0.3, -0.25) is 9.67 Å². The lowest BCUT2D eigenvalue weighted by Crippen LogP contribution is -2.28. The molecule has 0 spiro atoms. The monoisotopic (exact) mass is 568 g/mol. The van der Waals surface area contributed by atoms with Gasteiger partial charge in [0.25, 0.3) is 0 Å². The van der Waals surface area contributed by atoms with Crippen molar-refractivity contribution in [2.45, 2.75) is 30.7 Å². The fourth-order valence-electron chi connectivity index (χ4n) is 6.06. The van der Waals surface area contributed by atoms with Gasteiger partial charge in [0.2, 0.25) is 0 Å². The van der Waals surface area contributed by atoms with Crippen LogP contribution in [0.25, 0.3) is 33.2 Å². The van der Waals surface area contributed by atoms with Gasteiger partial charge in [0.05, 0.1) is 39.4 Å². The SMILES string of the molecule is Cc1cnn(C)c1-c1cnc2c3c(S(C)(=O)=O)cccc3n(C(c3c(F)cc(F)cc3F)C3CCOCC3)c2c1. The van der Waals surface area contributed by atoms with Crippen molar-refractivity contribution in [3.8, 4) is 11.3 Å². The van der Waals surface area contributed by atoms with Gasteiger partial charge < -0.3 is 9.30 Å². The fourth-order valence-corrected chi connectivity index (χ4v) is 6.96. The smallest absolute Gasteiger partial charge is 0.176 e. The summed E-state index contributed by atoms with van der Waals surface area (Å²) in [6.45, 7) is 2.71. The maximum atomic E-state index is 15.5. The van der Waals surface area contributed by atoms with Crippen LogP contribution in [0.15, 0.2) is 53.7 Å². The molecule has 6 rings (SSSR count). The summed E-state index contributed by atoms with van der Waals surface area (Å²) in [4.78, 5) is 4.79. The second-order valence-electron chi connectivity index (χ2n) is 10.4. The zero-order valence-electron chi connectivity index (χ0n) is 22.2. The lowest BCUT2D eigenvalue weighted by atomic mass is 9.86. The number of halogens is 3. The first-order chi connectivity index (χ1) is 19.1. The van der Waals surface area contributed by atoms with Crippen molar-refractivity contribution in [1.82, 2.24) is 19.3 Å². The van der Waals surface area contributed by atoms with E-state index in [2.05, 4.69) is 5.10 Å². The minimum absolute atomic E-state index is 0.0662. The van der Waals surface area contributed by atoms with Crippen LogP contribution in [-0.2, 0) is 21.6 Å². The van der Waals surface area contributed by atoms with Crippen LogP contribution >= 0.6 is 0 Å². The quantitative estimate of drug-likeness (QED) is 0.270. The summed E-state index contributed by atoms with van der Waals surface area (Å²) >= 11 is 0. The number of ether oxygens (including phenoxy) is 1. The predicted octanol–water partition coefficient (Wildman–Crippen LogP) is 5.74. The molecule has 0 radical (unpaired) electrons. The molecule has 2 aromatic carbocycles. The molecule has 7 nitrogen and oxygen atoms in total. The van der Waals surface area contributed by atoms with Gasteiger partial charge in [0.15, 0.2) is 9.84 Å². The molecule has 5 aromatic rings. The van der Waals surface area contributed by atoms with Crippen LogP contribution in [0.4, 0.5) is 13.2 Å². The minimum atomic E-state index is -3.70. The van der Waals surface area contributed by atoms with Crippen LogP contribution in [0.3, 0.4) is 0 Å². The minimum Gasteiger partial charge on any atom is -0.381 e. The van der Waals surface area contributed by atoms with E-state index in [1.807, 2.05) is 13.0 Å². The lowest BCUT2D eigenvalue weighted by Gasteiger charge is -2.33. The molecular formula is C29H27F3N4O3S. The number of benzene rings is 2. The number of hydrogen-bond acceptors (Lipinski definition) is 5. The highest BCUT2D eigenvalue weighted by Gasteiger charge is 2.35. The summed E-state index contributed by atoms with van der Waals surface area (Å²) in [5, 5.41) is 4.69. The summed E-state index contributed by atoms with van der Waals surface area (Å²) in [5.41, 5.74) is 3.49. The predicted molar refractivity (Wildman–Crippen MR) is 145 cm³/mol. The first-order valence-corrected chi connectivity index (χ1v) is 14.8. The highest BCUT2D eigenvalue weighted by molar-refractivity contribution is 7.91. The fraction of sp³-hybridized carbons (Fsp3) is 0.310. The molecule has 1 atom stereocenters. The van der Waals surface area contributed by atoms with Crippen molar-refractivity contribution in [3.63, 3.8) is 0 Å². The van der Waals surface area contributed by atoms with Crippen molar-refractivity contribution in [1.29, 1.82) is 0 Å². The van der Waals surface area contributed by atoms with E-state index in [0.29, 0.717) is 65.7 Å². The molecule has 1 fully saturated rings. The molecule has 3 aromatic heterocycles. The van der Waals surface area contributed by atoms with Crippen molar-refractivity contribution in [2.75, 3.05) is 19.5 Å². The Labute approximate surface area is 229 Å². The molecule has 4 heterocycles.